The standard InChI is InChI=1S/C23H31N3O4/c1-24(16-18-9-10-21(29-3)22(15-18)30-4)17-23(27)26-13-11-25(12-14-26)19-7-5-6-8-20(19)28-2/h5-10,15H,11-14,16-17H2,1-4H3. The Bertz CT molecular complexity index is 850. The Morgan fingerprint density at radius 1 is 0.900 bits per heavy atom. The van der Waals surface area contributed by atoms with Gasteiger partial charge >= 0.3 is 0 Å². The Labute approximate surface area is 178 Å². The molecule has 0 aliphatic carbocycles. The number of piperazine rings is 1. The Morgan fingerprint density at radius 3 is 2.23 bits per heavy atom. The molecule has 0 N–H and O–H groups in total. The van der Waals surface area contributed by atoms with E-state index in [-0.39, 0.29) is 5.91 Å². The molecule has 30 heavy (non-hydrogen) atoms. The summed E-state index contributed by atoms with van der Waals surface area (Å²) in [6.07, 6.45) is 0. The monoisotopic (exact) mass is 413 g/mol. The second kappa shape index (κ2) is 10.2. The SMILES string of the molecule is COc1ccc(CN(C)CC(=O)N2CCN(c3ccccc3OC)CC2)cc1OC. The third-order valence-corrected chi connectivity index (χ3v) is 5.36. The number of ether oxygens (including phenoxy) is 3. The molecule has 1 heterocycles. The maximum Gasteiger partial charge on any atom is 0.236 e. The minimum Gasteiger partial charge on any atom is -0.495 e. The molecule has 1 aliphatic rings. The predicted molar refractivity (Wildman–Crippen MR) is 118 cm³/mol. The number of benzene rings is 2. The molecule has 0 aromatic heterocycles. The van der Waals surface area contributed by atoms with Crippen LogP contribution in [0.3, 0.4) is 0 Å². The van der Waals surface area contributed by atoms with Crippen LogP contribution in [-0.2, 0) is 11.3 Å². The van der Waals surface area contributed by atoms with Crippen LogP contribution in [-0.4, -0.2) is 76.8 Å². The Balaban J connectivity index is 1.52. The maximum atomic E-state index is 12.8. The summed E-state index contributed by atoms with van der Waals surface area (Å²) >= 11 is 0. The van der Waals surface area contributed by atoms with Crippen molar-refractivity contribution in [1.82, 2.24) is 9.80 Å². The van der Waals surface area contributed by atoms with Gasteiger partial charge in [0.2, 0.25) is 5.91 Å². The second-order valence-corrected chi connectivity index (χ2v) is 7.40. The summed E-state index contributed by atoms with van der Waals surface area (Å²) in [5, 5.41) is 0. The van der Waals surface area contributed by atoms with Gasteiger partial charge in [-0.05, 0) is 36.9 Å². The second-order valence-electron chi connectivity index (χ2n) is 7.40. The van der Waals surface area contributed by atoms with Gasteiger partial charge in [0.05, 0.1) is 33.6 Å². The molecular weight excluding hydrogens is 382 g/mol. The van der Waals surface area contributed by atoms with E-state index in [0.717, 1.165) is 30.1 Å². The van der Waals surface area contributed by atoms with E-state index in [1.807, 2.05) is 53.2 Å². The zero-order chi connectivity index (χ0) is 21.5. The number of anilines is 1. The number of amides is 1. The van der Waals surface area contributed by atoms with Gasteiger partial charge in [0.1, 0.15) is 5.75 Å². The smallest absolute Gasteiger partial charge is 0.236 e. The summed E-state index contributed by atoms with van der Waals surface area (Å²) in [6.45, 7) is 4.05. The molecule has 0 atom stereocenters. The Hall–Kier alpha value is -2.93. The Morgan fingerprint density at radius 2 is 1.57 bits per heavy atom. The molecule has 7 heteroatoms. The normalized spacial score (nSPS) is 14.0. The van der Waals surface area contributed by atoms with Gasteiger partial charge in [-0.15, -0.1) is 0 Å². The molecule has 1 fully saturated rings. The van der Waals surface area contributed by atoms with Crippen LogP contribution in [0.2, 0.25) is 0 Å². The highest BCUT2D eigenvalue weighted by Gasteiger charge is 2.23. The minimum absolute atomic E-state index is 0.151. The summed E-state index contributed by atoms with van der Waals surface area (Å²) in [4.78, 5) is 19.0. The van der Waals surface area contributed by atoms with Gasteiger partial charge in [0, 0.05) is 32.7 Å². The summed E-state index contributed by atoms with van der Waals surface area (Å²) in [7, 11) is 6.89. The number of hydrogen-bond acceptors (Lipinski definition) is 6. The number of nitrogens with zero attached hydrogens (tertiary/aromatic N) is 3. The van der Waals surface area contributed by atoms with Crippen molar-refractivity contribution in [2.24, 2.45) is 0 Å². The number of carbonyl (C=O) groups excluding carboxylic acids is 1. The summed E-state index contributed by atoms with van der Waals surface area (Å²) in [6, 6.07) is 13.8. The first kappa shape index (κ1) is 21.8. The highest BCUT2D eigenvalue weighted by molar-refractivity contribution is 5.78. The molecule has 0 bridgehead atoms. The lowest BCUT2D eigenvalue weighted by atomic mass is 10.2. The van der Waals surface area contributed by atoms with E-state index in [2.05, 4.69) is 11.0 Å². The molecule has 2 aromatic rings. The van der Waals surface area contributed by atoms with Crippen molar-refractivity contribution in [2.45, 2.75) is 6.54 Å². The van der Waals surface area contributed by atoms with Crippen LogP contribution in [0.1, 0.15) is 5.56 Å². The lowest BCUT2D eigenvalue weighted by molar-refractivity contribution is -0.132. The van der Waals surface area contributed by atoms with Crippen molar-refractivity contribution in [3.05, 3.63) is 48.0 Å². The molecular formula is C23H31N3O4. The van der Waals surface area contributed by atoms with Gasteiger partial charge in [0.25, 0.3) is 0 Å². The van der Waals surface area contributed by atoms with E-state index >= 15 is 0 Å². The van der Waals surface area contributed by atoms with Crippen molar-refractivity contribution in [2.75, 3.05) is 66.0 Å². The molecule has 2 aromatic carbocycles. The van der Waals surface area contributed by atoms with Gasteiger partial charge < -0.3 is 24.0 Å². The fourth-order valence-corrected chi connectivity index (χ4v) is 3.77. The van der Waals surface area contributed by atoms with Gasteiger partial charge in [-0.25, -0.2) is 0 Å². The quantitative estimate of drug-likeness (QED) is 0.663. The van der Waals surface area contributed by atoms with Crippen molar-refractivity contribution in [1.29, 1.82) is 0 Å². The zero-order valence-electron chi connectivity index (χ0n) is 18.3. The van der Waals surface area contributed by atoms with E-state index in [4.69, 9.17) is 14.2 Å². The number of likely N-dealkylation sites (N-methyl/N-ethyl adjacent to an activating group) is 1. The number of carbonyl (C=O) groups is 1. The molecule has 1 aliphatic heterocycles. The van der Waals surface area contributed by atoms with Gasteiger partial charge in [-0.2, -0.15) is 0 Å². The number of hydrogen-bond donors (Lipinski definition) is 0. The average Bonchev–Trinajstić information content (AvgIpc) is 2.78. The van der Waals surface area contributed by atoms with E-state index in [9.17, 15) is 4.79 Å². The van der Waals surface area contributed by atoms with Gasteiger partial charge in [-0.3, -0.25) is 9.69 Å². The third-order valence-electron chi connectivity index (χ3n) is 5.36. The first-order valence-corrected chi connectivity index (χ1v) is 10.1. The lowest BCUT2D eigenvalue weighted by Crippen LogP contribution is -2.51. The van der Waals surface area contributed by atoms with E-state index < -0.39 is 0 Å². The molecule has 162 valence electrons. The van der Waals surface area contributed by atoms with E-state index in [1.54, 1.807) is 21.3 Å². The number of para-hydroxylation sites is 2. The first-order valence-electron chi connectivity index (χ1n) is 10.1. The molecule has 1 amide bonds. The summed E-state index contributed by atoms with van der Waals surface area (Å²) in [5.41, 5.74) is 2.15. The lowest BCUT2D eigenvalue weighted by Gasteiger charge is -2.37. The predicted octanol–water partition coefficient (Wildman–Crippen LogP) is 2.49. The van der Waals surface area contributed by atoms with Crippen molar-refractivity contribution < 1.29 is 19.0 Å². The number of rotatable bonds is 8. The fourth-order valence-electron chi connectivity index (χ4n) is 3.77. The highest BCUT2D eigenvalue weighted by Crippen LogP contribution is 2.29. The van der Waals surface area contributed by atoms with Crippen LogP contribution in [0.4, 0.5) is 5.69 Å². The highest BCUT2D eigenvalue weighted by atomic mass is 16.5. The fraction of sp³-hybridized carbons (Fsp3) is 0.435. The summed E-state index contributed by atoms with van der Waals surface area (Å²) in [5.74, 6) is 2.42. The van der Waals surface area contributed by atoms with Crippen LogP contribution in [0, 0.1) is 0 Å². The van der Waals surface area contributed by atoms with Crippen LogP contribution in [0.15, 0.2) is 42.5 Å². The van der Waals surface area contributed by atoms with Crippen molar-refractivity contribution in [3.63, 3.8) is 0 Å². The van der Waals surface area contributed by atoms with Crippen molar-refractivity contribution in [3.8, 4) is 17.2 Å². The van der Waals surface area contributed by atoms with Gasteiger partial charge in [0.15, 0.2) is 11.5 Å². The van der Waals surface area contributed by atoms with Gasteiger partial charge in [-0.1, -0.05) is 18.2 Å². The van der Waals surface area contributed by atoms with Crippen LogP contribution >= 0.6 is 0 Å². The molecule has 0 saturated carbocycles. The number of methoxy groups -OCH3 is 3. The van der Waals surface area contributed by atoms with E-state index in [0.29, 0.717) is 37.7 Å². The zero-order valence-corrected chi connectivity index (χ0v) is 18.3. The topological polar surface area (TPSA) is 54.5 Å². The Kier molecular flexibility index (Phi) is 7.41. The molecule has 0 spiro atoms. The van der Waals surface area contributed by atoms with E-state index in [1.165, 1.54) is 0 Å². The van der Waals surface area contributed by atoms with Crippen molar-refractivity contribution >= 4 is 11.6 Å². The molecule has 7 nitrogen and oxygen atoms in total. The average molecular weight is 414 g/mol. The maximum absolute atomic E-state index is 12.8. The van der Waals surface area contributed by atoms with Crippen LogP contribution in [0.5, 0.6) is 17.2 Å². The largest absolute Gasteiger partial charge is 0.495 e. The first-order chi connectivity index (χ1) is 14.5. The molecule has 0 radical (unpaired) electrons. The van der Waals surface area contributed by atoms with Crippen LogP contribution < -0.4 is 19.1 Å². The molecule has 1 saturated heterocycles. The molecule has 0 unspecified atom stereocenters. The summed E-state index contributed by atoms with van der Waals surface area (Å²) < 4.78 is 16.1. The third kappa shape index (κ3) is 5.16. The minimum atomic E-state index is 0.151. The molecule has 3 rings (SSSR count). The van der Waals surface area contributed by atoms with Crippen LogP contribution in [0.25, 0.3) is 0 Å².